The largest absolute Gasteiger partial charge is 0.379 e. The zero-order valence-electron chi connectivity index (χ0n) is 12.7. The molecule has 1 rings (SSSR count). The molecule has 0 aromatic heterocycles. The van der Waals surface area contributed by atoms with Crippen LogP contribution in [0.1, 0.15) is 52.4 Å². The molecular formula is C15H30O4. The summed E-state index contributed by atoms with van der Waals surface area (Å²) in [5.74, 6) is 0. The normalized spacial score (nSPS) is 24.8. The molecule has 0 N–H and O–H groups in total. The van der Waals surface area contributed by atoms with E-state index in [1.165, 1.54) is 0 Å². The molecule has 19 heavy (non-hydrogen) atoms. The smallest absolute Gasteiger partial charge is 0.157 e. The number of unbranched alkanes of at least 4 members (excludes halogenated alkanes) is 2. The molecule has 0 saturated carbocycles. The van der Waals surface area contributed by atoms with Gasteiger partial charge in [0.1, 0.15) is 6.10 Å². The number of hydrogen-bond acceptors (Lipinski definition) is 4. The zero-order chi connectivity index (χ0) is 13.9. The minimum absolute atomic E-state index is 0.0450. The molecule has 4 heteroatoms. The quantitative estimate of drug-likeness (QED) is 0.542. The Balaban J connectivity index is 2.30. The maximum atomic E-state index is 5.93. The van der Waals surface area contributed by atoms with Crippen molar-refractivity contribution in [2.45, 2.75) is 70.9 Å². The summed E-state index contributed by atoms with van der Waals surface area (Å²) in [6.45, 7) is 6.57. The summed E-state index contributed by atoms with van der Waals surface area (Å²) in [6.07, 6.45) is 6.53. The average molecular weight is 274 g/mol. The van der Waals surface area contributed by atoms with Crippen LogP contribution in [0.3, 0.4) is 0 Å². The van der Waals surface area contributed by atoms with Crippen LogP contribution in [-0.2, 0) is 18.9 Å². The molecule has 0 aliphatic carbocycles. The van der Waals surface area contributed by atoms with Gasteiger partial charge in [0.15, 0.2) is 6.29 Å². The van der Waals surface area contributed by atoms with Crippen LogP contribution in [0.25, 0.3) is 0 Å². The van der Waals surface area contributed by atoms with Crippen LogP contribution in [0.5, 0.6) is 0 Å². The van der Waals surface area contributed by atoms with Crippen molar-refractivity contribution >= 4 is 0 Å². The standard InChI is InChI=1S/C15H30O4/c1-4-6-10-17-12-14(18-11-7-5-2)13-8-9-15(16-3)19-13/h13-15H,4-12H2,1-3H3/t13-,14?,15-/m0/s1. The summed E-state index contributed by atoms with van der Waals surface area (Å²) in [5, 5.41) is 0. The van der Waals surface area contributed by atoms with Gasteiger partial charge < -0.3 is 18.9 Å². The van der Waals surface area contributed by atoms with Gasteiger partial charge in [0.25, 0.3) is 0 Å². The van der Waals surface area contributed by atoms with Gasteiger partial charge in [0.2, 0.25) is 0 Å². The third-order valence-corrected chi connectivity index (χ3v) is 3.45. The van der Waals surface area contributed by atoms with Crippen LogP contribution in [0.4, 0.5) is 0 Å². The van der Waals surface area contributed by atoms with E-state index in [0.717, 1.165) is 51.7 Å². The minimum Gasteiger partial charge on any atom is -0.379 e. The first-order valence-electron chi connectivity index (χ1n) is 7.69. The molecule has 114 valence electrons. The lowest BCUT2D eigenvalue weighted by Crippen LogP contribution is -2.34. The van der Waals surface area contributed by atoms with E-state index in [0.29, 0.717) is 6.61 Å². The number of ether oxygens (including phenoxy) is 4. The third-order valence-electron chi connectivity index (χ3n) is 3.45. The van der Waals surface area contributed by atoms with Gasteiger partial charge in [-0.25, -0.2) is 0 Å². The molecule has 1 unspecified atom stereocenters. The van der Waals surface area contributed by atoms with Gasteiger partial charge in [-0.05, 0) is 19.3 Å². The van der Waals surface area contributed by atoms with Crippen molar-refractivity contribution < 1.29 is 18.9 Å². The van der Waals surface area contributed by atoms with Crippen molar-refractivity contribution in [1.29, 1.82) is 0 Å². The van der Waals surface area contributed by atoms with E-state index in [1.54, 1.807) is 7.11 Å². The lowest BCUT2D eigenvalue weighted by molar-refractivity contribution is -0.159. The Hall–Kier alpha value is -0.160. The second kappa shape index (κ2) is 10.6. The van der Waals surface area contributed by atoms with E-state index in [9.17, 15) is 0 Å². The van der Waals surface area contributed by atoms with Crippen LogP contribution in [0.15, 0.2) is 0 Å². The van der Waals surface area contributed by atoms with Gasteiger partial charge >= 0.3 is 0 Å². The molecule has 4 nitrogen and oxygen atoms in total. The first-order valence-corrected chi connectivity index (χ1v) is 7.69. The van der Waals surface area contributed by atoms with E-state index < -0.39 is 0 Å². The number of rotatable bonds is 11. The first-order chi connectivity index (χ1) is 9.31. The molecule has 0 amide bonds. The average Bonchev–Trinajstić information content (AvgIpc) is 2.90. The predicted octanol–water partition coefficient (Wildman–Crippen LogP) is 3.14. The zero-order valence-corrected chi connectivity index (χ0v) is 12.7. The van der Waals surface area contributed by atoms with Crippen molar-refractivity contribution in [3.05, 3.63) is 0 Å². The Bertz CT molecular complexity index is 210. The molecule has 0 bridgehead atoms. The molecule has 1 fully saturated rings. The molecule has 1 aliphatic rings. The summed E-state index contributed by atoms with van der Waals surface area (Å²) >= 11 is 0. The Labute approximate surface area is 117 Å². The summed E-state index contributed by atoms with van der Waals surface area (Å²) in [4.78, 5) is 0. The van der Waals surface area contributed by atoms with Crippen molar-refractivity contribution in [3.8, 4) is 0 Å². The summed E-state index contributed by atoms with van der Waals surface area (Å²) < 4.78 is 22.7. The van der Waals surface area contributed by atoms with Crippen LogP contribution in [-0.4, -0.2) is 45.4 Å². The van der Waals surface area contributed by atoms with Crippen molar-refractivity contribution in [2.24, 2.45) is 0 Å². The van der Waals surface area contributed by atoms with Crippen molar-refractivity contribution in [1.82, 2.24) is 0 Å². The highest BCUT2D eigenvalue weighted by molar-refractivity contribution is 4.77. The number of hydrogen-bond donors (Lipinski definition) is 0. The molecule has 0 aromatic rings. The van der Waals surface area contributed by atoms with Gasteiger partial charge in [-0.15, -0.1) is 0 Å². The Morgan fingerprint density at radius 3 is 2.47 bits per heavy atom. The minimum atomic E-state index is -0.0714. The molecule has 0 aromatic carbocycles. The third kappa shape index (κ3) is 6.70. The number of methoxy groups -OCH3 is 1. The van der Waals surface area contributed by atoms with Gasteiger partial charge in [-0.3, -0.25) is 0 Å². The van der Waals surface area contributed by atoms with Gasteiger partial charge in [0, 0.05) is 26.7 Å². The topological polar surface area (TPSA) is 36.9 Å². The lowest BCUT2D eigenvalue weighted by atomic mass is 10.1. The second-order valence-corrected chi connectivity index (χ2v) is 5.11. The second-order valence-electron chi connectivity index (χ2n) is 5.11. The highest BCUT2D eigenvalue weighted by Gasteiger charge is 2.32. The van der Waals surface area contributed by atoms with E-state index in [4.69, 9.17) is 18.9 Å². The van der Waals surface area contributed by atoms with Crippen LogP contribution < -0.4 is 0 Å². The molecule has 1 saturated heterocycles. The lowest BCUT2D eigenvalue weighted by Gasteiger charge is -2.24. The molecule has 1 heterocycles. The highest BCUT2D eigenvalue weighted by Crippen LogP contribution is 2.24. The summed E-state index contributed by atoms with van der Waals surface area (Å²) in [6, 6.07) is 0. The van der Waals surface area contributed by atoms with E-state index in [-0.39, 0.29) is 18.5 Å². The Kier molecular flexibility index (Phi) is 9.43. The SMILES string of the molecule is CCCCOCC(OCCCC)[C@@H]1CC[C@@H](OC)O1. The van der Waals surface area contributed by atoms with Crippen LogP contribution in [0.2, 0.25) is 0 Å². The Morgan fingerprint density at radius 2 is 1.84 bits per heavy atom. The Morgan fingerprint density at radius 1 is 1.11 bits per heavy atom. The molecule has 1 aliphatic heterocycles. The first kappa shape index (κ1) is 16.9. The molecule has 0 spiro atoms. The summed E-state index contributed by atoms with van der Waals surface area (Å²) in [5.41, 5.74) is 0. The highest BCUT2D eigenvalue weighted by atomic mass is 16.7. The predicted molar refractivity (Wildman–Crippen MR) is 75.3 cm³/mol. The van der Waals surface area contributed by atoms with Crippen molar-refractivity contribution in [2.75, 3.05) is 26.9 Å². The fourth-order valence-corrected chi connectivity index (χ4v) is 2.17. The maximum absolute atomic E-state index is 5.93. The van der Waals surface area contributed by atoms with Gasteiger partial charge in [0.05, 0.1) is 12.7 Å². The van der Waals surface area contributed by atoms with E-state index >= 15 is 0 Å². The fraction of sp³-hybridized carbons (Fsp3) is 1.00. The fourth-order valence-electron chi connectivity index (χ4n) is 2.17. The summed E-state index contributed by atoms with van der Waals surface area (Å²) in [7, 11) is 1.69. The molecule has 3 atom stereocenters. The monoisotopic (exact) mass is 274 g/mol. The van der Waals surface area contributed by atoms with Crippen molar-refractivity contribution in [3.63, 3.8) is 0 Å². The van der Waals surface area contributed by atoms with Gasteiger partial charge in [-0.2, -0.15) is 0 Å². The maximum Gasteiger partial charge on any atom is 0.157 e. The van der Waals surface area contributed by atoms with Crippen LogP contribution >= 0.6 is 0 Å². The van der Waals surface area contributed by atoms with Crippen LogP contribution in [0, 0.1) is 0 Å². The van der Waals surface area contributed by atoms with E-state index in [1.807, 2.05) is 0 Å². The molecule has 0 radical (unpaired) electrons. The molecular weight excluding hydrogens is 244 g/mol. The van der Waals surface area contributed by atoms with E-state index in [2.05, 4.69) is 13.8 Å². The van der Waals surface area contributed by atoms with Gasteiger partial charge in [-0.1, -0.05) is 26.7 Å².